The summed E-state index contributed by atoms with van der Waals surface area (Å²) in [6, 6.07) is 4.74. The standard InChI is InChI=1S/C14H20N2O2/c1-9-4-10(8-17)5-14(15-9)16-11-2-3-12(16)7-13(18)6-11/h4-5,11-13,17-18H,2-3,6-8H2,1H3. The first kappa shape index (κ1) is 11.9. The van der Waals surface area contributed by atoms with Crippen molar-refractivity contribution in [1.82, 2.24) is 4.98 Å². The number of hydrogen-bond donors (Lipinski definition) is 2. The van der Waals surface area contributed by atoms with E-state index < -0.39 is 0 Å². The molecule has 2 atom stereocenters. The number of aliphatic hydroxyl groups is 2. The highest BCUT2D eigenvalue weighted by Crippen LogP contribution is 2.38. The van der Waals surface area contributed by atoms with Crippen molar-refractivity contribution in [3.63, 3.8) is 0 Å². The van der Waals surface area contributed by atoms with Crippen LogP contribution in [0.5, 0.6) is 0 Å². The van der Waals surface area contributed by atoms with Crippen LogP contribution < -0.4 is 4.90 Å². The van der Waals surface area contributed by atoms with Crippen LogP contribution in [0.1, 0.15) is 36.9 Å². The number of aromatic nitrogens is 1. The average molecular weight is 248 g/mol. The molecule has 2 N–H and O–H groups in total. The second-order valence-electron chi connectivity index (χ2n) is 5.55. The number of pyridine rings is 1. The van der Waals surface area contributed by atoms with Crippen molar-refractivity contribution >= 4 is 5.82 Å². The zero-order valence-corrected chi connectivity index (χ0v) is 10.7. The van der Waals surface area contributed by atoms with Crippen molar-refractivity contribution in [3.8, 4) is 0 Å². The first-order chi connectivity index (χ1) is 8.67. The summed E-state index contributed by atoms with van der Waals surface area (Å²) in [6.45, 7) is 2.02. The summed E-state index contributed by atoms with van der Waals surface area (Å²) in [7, 11) is 0. The molecule has 3 rings (SSSR count). The fraction of sp³-hybridized carbons (Fsp3) is 0.643. The molecule has 2 aliphatic rings. The summed E-state index contributed by atoms with van der Waals surface area (Å²) in [5, 5.41) is 19.1. The predicted molar refractivity (Wildman–Crippen MR) is 69.4 cm³/mol. The third-order valence-electron chi connectivity index (χ3n) is 4.15. The molecule has 2 unspecified atom stereocenters. The van der Waals surface area contributed by atoms with Gasteiger partial charge in [-0.1, -0.05) is 0 Å². The van der Waals surface area contributed by atoms with E-state index in [-0.39, 0.29) is 12.7 Å². The maximum Gasteiger partial charge on any atom is 0.129 e. The Hall–Kier alpha value is -1.13. The predicted octanol–water partition coefficient (Wildman–Crippen LogP) is 1.37. The lowest BCUT2D eigenvalue weighted by Gasteiger charge is -2.38. The second kappa shape index (κ2) is 4.52. The smallest absolute Gasteiger partial charge is 0.129 e. The third-order valence-corrected chi connectivity index (χ3v) is 4.15. The minimum atomic E-state index is -0.152. The Morgan fingerprint density at radius 1 is 1.28 bits per heavy atom. The first-order valence-corrected chi connectivity index (χ1v) is 6.72. The molecule has 2 aliphatic heterocycles. The number of nitrogens with zero attached hydrogens (tertiary/aromatic N) is 2. The largest absolute Gasteiger partial charge is 0.393 e. The van der Waals surface area contributed by atoms with Crippen LogP contribution in [-0.2, 0) is 6.61 Å². The summed E-state index contributed by atoms with van der Waals surface area (Å²) < 4.78 is 0. The fourth-order valence-electron chi connectivity index (χ4n) is 3.47. The number of hydrogen-bond acceptors (Lipinski definition) is 4. The summed E-state index contributed by atoms with van der Waals surface area (Å²) in [6.07, 6.45) is 3.83. The average Bonchev–Trinajstić information content (AvgIpc) is 2.61. The van der Waals surface area contributed by atoms with Crippen LogP contribution in [0.15, 0.2) is 12.1 Å². The molecule has 0 aliphatic carbocycles. The van der Waals surface area contributed by atoms with Crippen LogP contribution in [-0.4, -0.2) is 33.4 Å². The Morgan fingerprint density at radius 3 is 2.56 bits per heavy atom. The van der Waals surface area contributed by atoms with Gasteiger partial charge in [0.25, 0.3) is 0 Å². The van der Waals surface area contributed by atoms with Gasteiger partial charge in [0, 0.05) is 17.8 Å². The van der Waals surface area contributed by atoms with Gasteiger partial charge in [-0.05, 0) is 50.3 Å². The summed E-state index contributed by atoms with van der Waals surface area (Å²) >= 11 is 0. The molecule has 0 saturated carbocycles. The maximum absolute atomic E-state index is 9.82. The van der Waals surface area contributed by atoms with E-state index in [4.69, 9.17) is 0 Å². The highest BCUT2D eigenvalue weighted by Gasteiger charge is 2.40. The molecule has 0 radical (unpaired) electrons. The van der Waals surface area contributed by atoms with E-state index in [0.717, 1.165) is 42.8 Å². The number of aliphatic hydroxyl groups excluding tert-OH is 2. The SMILES string of the molecule is Cc1cc(CO)cc(N2C3CCC2CC(O)C3)n1. The first-order valence-electron chi connectivity index (χ1n) is 6.72. The van der Waals surface area contributed by atoms with E-state index in [1.54, 1.807) is 0 Å². The minimum absolute atomic E-state index is 0.0577. The van der Waals surface area contributed by atoms with Gasteiger partial charge < -0.3 is 15.1 Å². The van der Waals surface area contributed by atoms with E-state index in [1.165, 1.54) is 0 Å². The van der Waals surface area contributed by atoms with Crippen LogP contribution in [0.25, 0.3) is 0 Å². The number of fused-ring (bicyclic) bond motifs is 2. The molecule has 0 amide bonds. The Balaban J connectivity index is 1.93. The molecule has 4 nitrogen and oxygen atoms in total. The van der Waals surface area contributed by atoms with Gasteiger partial charge in [-0.3, -0.25) is 0 Å². The van der Waals surface area contributed by atoms with Crippen LogP contribution in [0.4, 0.5) is 5.82 Å². The van der Waals surface area contributed by atoms with Crippen molar-refractivity contribution in [2.45, 2.75) is 57.4 Å². The molecule has 2 saturated heterocycles. The van der Waals surface area contributed by atoms with Gasteiger partial charge in [0.1, 0.15) is 5.82 Å². The minimum Gasteiger partial charge on any atom is -0.393 e. The summed E-state index contributed by atoms with van der Waals surface area (Å²) in [5.74, 6) is 0.971. The van der Waals surface area contributed by atoms with Gasteiger partial charge in [0.05, 0.1) is 12.7 Å². The third kappa shape index (κ3) is 1.99. The van der Waals surface area contributed by atoms with Gasteiger partial charge in [-0.15, -0.1) is 0 Å². The Labute approximate surface area is 107 Å². The zero-order chi connectivity index (χ0) is 12.7. The molecule has 3 heterocycles. The van der Waals surface area contributed by atoms with E-state index in [0.29, 0.717) is 12.1 Å². The molecule has 0 spiro atoms. The summed E-state index contributed by atoms with van der Waals surface area (Å²) in [4.78, 5) is 6.96. The molecule has 1 aromatic heterocycles. The molecule has 4 heteroatoms. The lowest BCUT2D eigenvalue weighted by molar-refractivity contribution is 0.126. The maximum atomic E-state index is 9.82. The van der Waals surface area contributed by atoms with E-state index in [2.05, 4.69) is 9.88 Å². The number of rotatable bonds is 2. The Bertz CT molecular complexity index is 435. The van der Waals surface area contributed by atoms with Gasteiger partial charge in [-0.25, -0.2) is 4.98 Å². The number of aryl methyl sites for hydroxylation is 1. The van der Waals surface area contributed by atoms with Crippen molar-refractivity contribution in [3.05, 3.63) is 23.4 Å². The van der Waals surface area contributed by atoms with E-state index in [9.17, 15) is 10.2 Å². The Kier molecular flexibility index (Phi) is 2.99. The fourth-order valence-corrected chi connectivity index (χ4v) is 3.47. The van der Waals surface area contributed by atoms with Gasteiger partial charge >= 0.3 is 0 Å². The lowest BCUT2D eigenvalue weighted by atomic mass is 9.99. The molecule has 2 bridgehead atoms. The molecule has 2 fully saturated rings. The molecular weight excluding hydrogens is 228 g/mol. The van der Waals surface area contributed by atoms with Crippen LogP contribution in [0.3, 0.4) is 0 Å². The van der Waals surface area contributed by atoms with Gasteiger partial charge in [-0.2, -0.15) is 0 Å². The lowest BCUT2D eigenvalue weighted by Crippen LogP contribution is -2.45. The molecule has 0 aromatic carbocycles. The monoisotopic (exact) mass is 248 g/mol. The number of anilines is 1. The molecular formula is C14H20N2O2. The second-order valence-corrected chi connectivity index (χ2v) is 5.55. The van der Waals surface area contributed by atoms with Crippen molar-refractivity contribution in [1.29, 1.82) is 0 Å². The van der Waals surface area contributed by atoms with Crippen molar-refractivity contribution in [2.24, 2.45) is 0 Å². The topological polar surface area (TPSA) is 56.6 Å². The summed E-state index contributed by atoms with van der Waals surface area (Å²) in [5.41, 5.74) is 1.87. The van der Waals surface area contributed by atoms with Crippen LogP contribution >= 0.6 is 0 Å². The molecule has 1 aromatic rings. The van der Waals surface area contributed by atoms with Crippen LogP contribution in [0, 0.1) is 6.92 Å². The van der Waals surface area contributed by atoms with E-state index >= 15 is 0 Å². The van der Waals surface area contributed by atoms with Gasteiger partial charge in [0.15, 0.2) is 0 Å². The molecule has 18 heavy (non-hydrogen) atoms. The zero-order valence-electron chi connectivity index (χ0n) is 10.7. The van der Waals surface area contributed by atoms with Gasteiger partial charge in [0.2, 0.25) is 0 Å². The highest BCUT2D eigenvalue weighted by molar-refractivity contribution is 5.47. The highest BCUT2D eigenvalue weighted by atomic mass is 16.3. The van der Waals surface area contributed by atoms with Crippen LogP contribution in [0.2, 0.25) is 0 Å². The normalized spacial score (nSPS) is 30.8. The molecule has 98 valence electrons. The van der Waals surface area contributed by atoms with Crippen molar-refractivity contribution < 1.29 is 10.2 Å². The van der Waals surface area contributed by atoms with Crippen molar-refractivity contribution in [2.75, 3.05) is 4.90 Å². The quantitative estimate of drug-likeness (QED) is 0.830. The Morgan fingerprint density at radius 2 is 1.94 bits per heavy atom. The number of piperidine rings is 1. The van der Waals surface area contributed by atoms with E-state index in [1.807, 2.05) is 19.1 Å².